The smallest absolute Gasteiger partial charge is 0.338 e. The summed E-state index contributed by atoms with van der Waals surface area (Å²) in [5, 5.41) is 3.04. The van der Waals surface area contributed by atoms with Crippen molar-refractivity contribution in [3.8, 4) is 0 Å². The van der Waals surface area contributed by atoms with Gasteiger partial charge in [-0.2, -0.15) is 0 Å². The Kier molecular flexibility index (Phi) is 6.85. The lowest BCUT2D eigenvalue weighted by atomic mass is 9.78. The van der Waals surface area contributed by atoms with Gasteiger partial charge in [0.15, 0.2) is 6.61 Å². The van der Waals surface area contributed by atoms with Gasteiger partial charge in [0.1, 0.15) is 0 Å². The van der Waals surface area contributed by atoms with Crippen molar-refractivity contribution in [3.63, 3.8) is 0 Å². The van der Waals surface area contributed by atoms with Gasteiger partial charge in [-0.25, -0.2) is 4.79 Å². The Morgan fingerprint density at radius 3 is 2.50 bits per heavy atom. The highest BCUT2D eigenvalue weighted by Gasteiger charge is 2.28. The normalized spacial score (nSPS) is 21.7. The van der Waals surface area contributed by atoms with Crippen LogP contribution in [0.3, 0.4) is 0 Å². The second-order valence-corrected chi connectivity index (χ2v) is 7.84. The molecule has 0 spiro atoms. The fourth-order valence-corrected chi connectivity index (χ4v) is 3.93. The van der Waals surface area contributed by atoms with E-state index in [0.717, 1.165) is 24.0 Å². The molecule has 0 radical (unpaired) electrons. The average Bonchev–Trinajstić information content (AvgIpc) is 2.71. The summed E-state index contributed by atoms with van der Waals surface area (Å²) in [5.74, 6) is 0.373. The SMILES string of the molecule is CC1CCCC(NC(=O)COC(=O)c2ccccc2Cc2ccccc2)C1C. The van der Waals surface area contributed by atoms with Crippen molar-refractivity contribution in [1.29, 1.82) is 0 Å². The number of ether oxygens (including phenoxy) is 1. The minimum atomic E-state index is -0.452. The molecule has 1 fully saturated rings. The summed E-state index contributed by atoms with van der Waals surface area (Å²) >= 11 is 0. The summed E-state index contributed by atoms with van der Waals surface area (Å²) in [5.41, 5.74) is 2.54. The van der Waals surface area contributed by atoms with Gasteiger partial charge in [-0.3, -0.25) is 4.79 Å². The predicted octanol–water partition coefficient (Wildman–Crippen LogP) is 4.38. The van der Waals surface area contributed by atoms with Crippen molar-refractivity contribution in [1.82, 2.24) is 5.32 Å². The molecular formula is C24H29NO3. The molecule has 2 aromatic rings. The lowest BCUT2D eigenvalue weighted by Crippen LogP contribution is -2.45. The van der Waals surface area contributed by atoms with Crippen LogP contribution in [-0.2, 0) is 16.0 Å². The predicted molar refractivity (Wildman–Crippen MR) is 110 cm³/mol. The number of rotatable bonds is 6. The maximum atomic E-state index is 12.6. The van der Waals surface area contributed by atoms with Crippen LogP contribution in [0, 0.1) is 11.8 Å². The molecule has 0 saturated heterocycles. The largest absolute Gasteiger partial charge is 0.452 e. The summed E-state index contributed by atoms with van der Waals surface area (Å²) < 4.78 is 5.32. The van der Waals surface area contributed by atoms with Crippen LogP contribution in [0.15, 0.2) is 54.6 Å². The number of benzene rings is 2. The summed E-state index contributed by atoms with van der Waals surface area (Å²) in [6, 6.07) is 17.6. The second-order valence-electron chi connectivity index (χ2n) is 7.84. The maximum absolute atomic E-state index is 12.6. The molecule has 0 aromatic heterocycles. The molecule has 2 aromatic carbocycles. The van der Waals surface area contributed by atoms with E-state index in [4.69, 9.17) is 4.74 Å². The van der Waals surface area contributed by atoms with Crippen LogP contribution in [-0.4, -0.2) is 24.5 Å². The zero-order valence-electron chi connectivity index (χ0n) is 16.7. The number of carbonyl (C=O) groups is 2. The van der Waals surface area contributed by atoms with E-state index in [1.165, 1.54) is 6.42 Å². The van der Waals surface area contributed by atoms with Gasteiger partial charge in [-0.05, 0) is 41.9 Å². The Morgan fingerprint density at radius 2 is 1.71 bits per heavy atom. The van der Waals surface area contributed by atoms with E-state index in [0.29, 0.717) is 23.8 Å². The Morgan fingerprint density at radius 1 is 1.00 bits per heavy atom. The van der Waals surface area contributed by atoms with Crippen molar-refractivity contribution in [2.24, 2.45) is 11.8 Å². The van der Waals surface area contributed by atoms with Gasteiger partial charge in [0.2, 0.25) is 0 Å². The van der Waals surface area contributed by atoms with Gasteiger partial charge in [-0.1, -0.05) is 75.2 Å². The topological polar surface area (TPSA) is 55.4 Å². The van der Waals surface area contributed by atoms with Crippen molar-refractivity contribution in [2.75, 3.05) is 6.61 Å². The van der Waals surface area contributed by atoms with Crippen LogP contribution >= 0.6 is 0 Å². The molecule has 3 rings (SSSR count). The second kappa shape index (κ2) is 9.54. The average molecular weight is 380 g/mol. The van der Waals surface area contributed by atoms with E-state index >= 15 is 0 Å². The molecular weight excluding hydrogens is 350 g/mol. The molecule has 1 amide bonds. The number of amides is 1. The standard InChI is InChI=1S/C24H29NO3/c1-17-9-8-14-22(18(17)2)25-23(26)16-28-24(27)21-13-7-6-12-20(21)15-19-10-4-3-5-11-19/h3-7,10-13,17-18,22H,8-9,14-16H2,1-2H3,(H,25,26). The Balaban J connectivity index is 1.57. The minimum absolute atomic E-state index is 0.167. The maximum Gasteiger partial charge on any atom is 0.338 e. The highest BCUT2D eigenvalue weighted by Crippen LogP contribution is 2.29. The first-order chi connectivity index (χ1) is 13.5. The molecule has 1 N–H and O–H groups in total. The van der Waals surface area contributed by atoms with Gasteiger partial charge in [0.25, 0.3) is 5.91 Å². The van der Waals surface area contributed by atoms with Gasteiger partial charge in [0, 0.05) is 6.04 Å². The first kappa shape index (κ1) is 20.1. The summed E-state index contributed by atoms with van der Waals surface area (Å²) in [6.07, 6.45) is 3.98. The lowest BCUT2D eigenvalue weighted by molar-refractivity contribution is -0.125. The Bertz CT molecular complexity index is 803. The van der Waals surface area contributed by atoms with Gasteiger partial charge < -0.3 is 10.1 Å². The Labute approximate surface area is 167 Å². The molecule has 3 atom stereocenters. The molecule has 1 aliphatic rings. The van der Waals surface area contributed by atoms with E-state index in [9.17, 15) is 9.59 Å². The molecule has 148 valence electrons. The van der Waals surface area contributed by atoms with Crippen LogP contribution in [0.2, 0.25) is 0 Å². The van der Waals surface area contributed by atoms with Crippen molar-refractivity contribution >= 4 is 11.9 Å². The third kappa shape index (κ3) is 5.22. The van der Waals surface area contributed by atoms with Crippen LogP contribution in [0.1, 0.15) is 54.6 Å². The molecule has 0 heterocycles. The van der Waals surface area contributed by atoms with Crippen LogP contribution in [0.25, 0.3) is 0 Å². The number of esters is 1. The molecule has 4 heteroatoms. The van der Waals surface area contributed by atoms with E-state index in [1.54, 1.807) is 6.07 Å². The third-order valence-corrected chi connectivity index (χ3v) is 5.86. The van der Waals surface area contributed by atoms with Crippen molar-refractivity contribution < 1.29 is 14.3 Å². The Hall–Kier alpha value is -2.62. The monoisotopic (exact) mass is 379 g/mol. The van der Waals surface area contributed by atoms with E-state index in [-0.39, 0.29) is 18.6 Å². The number of hydrogen-bond acceptors (Lipinski definition) is 3. The van der Waals surface area contributed by atoms with Gasteiger partial charge >= 0.3 is 5.97 Å². The van der Waals surface area contributed by atoms with E-state index in [2.05, 4.69) is 19.2 Å². The molecule has 1 saturated carbocycles. The van der Waals surface area contributed by atoms with Crippen molar-refractivity contribution in [2.45, 2.75) is 45.6 Å². The van der Waals surface area contributed by atoms with Crippen LogP contribution in [0.4, 0.5) is 0 Å². The molecule has 3 unspecified atom stereocenters. The van der Waals surface area contributed by atoms with Gasteiger partial charge in [-0.15, -0.1) is 0 Å². The molecule has 0 bridgehead atoms. The highest BCUT2D eigenvalue weighted by molar-refractivity contribution is 5.92. The fourth-order valence-electron chi connectivity index (χ4n) is 3.93. The third-order valence-electron chi connectivity index (χ3n) is 5.86. The number of hydrogen-bond donors (Lipinski definition) is 1. The first-order valence-corrected chi connectivity index (χ1v) is 10.1. The minimum Gasteiger partial charge on any atom is -0.452 e. The summed E-state index contributed by atoms with van der Waals surface area (Å²) in [4.78, 5) is 24.9. The van der Waals surface area contributed by atoms with E-state index in [1.807, 2.05) is 48.5 Å². The lowest BCUT2D eigenvalue weighted by Gasteiger charge is -2.34. The molecule has 0 aliphatic heterocycles. The summed E-state index contributed by atoms with van der Waals surface area (Å²) in [6.45, 7) is 4.17. The molecule has 28 heavy (non-hydrogen) atoms. The van der Waals surface area contributed by atoms with E-state index < -0.39 is 5.97 Å². The molecule has 4 nitrogen and oxygen atoms in total. The van der Waals surface area contributed by atoms with Crippen LogP contribution < -0.4 is 5.32 Å². The van der Waals surface area contributed by atoms with Gasteiger partial charge in [0.05, 0.1) is 5.56 Å². The molecule has 1 aliphatic carbocycles. The summed E-state index contributed by atoms with van der Waals surface area (Å²) in [7, 11) is 0. The van der Waals surface area contributed by atoms with Crippen LogP contribution in [0.5, 0.6) is 0 Å². The highest BCUT2D eigenvalue weighted by atomic mass is 16.5. The van der Waals surface area contributed by atoms with Crippen molar-refractivity contribution in [3.05, 3.63) is 71.3 Å². The number of nitrogens with one attached hydrogen (secondary N) is 1. The zero-order valence-corrected chi connectivity index (χ0v) is 16.7. The quantitative estimate of drug-likeness (QED) is 0.758. The fraction of sp³-hybridized carbons (Fsp3) is 0.417. The zero-order chi connectivity index (χ0) is 19.9. The first-order valence-electron chi connectivity index (χ1n) is 10.1. The number of carbonyl (C=O) groups excluding carboxylic acids is 2.